The van der Waals surface area contributed by atoms with Crippen LogP contribution in [-0.2, 0) is 4.79 Å². The Kier molecular flexibility index (Phi) is 6.09. The molecule has 0 spiro atoms. The second-order valence-electron chi connectivity index (χ2n) is 6.00. The zero-order chi connectivity index (χ0) is 19.1. The Labute approximate surface area is 157 Å². The number of hydrogen-bond acceptors (Lipinski definition) is 6. The third kappa shape index (κ3) is 5.10. The highest BCUT2D eigenvalue weighted by atomic mass is 16.6. The predicted molar refractivity (Wildman–Crippen MR) is 100 cm³/mol. The number of para-hydroxylation sites is 2. The summed E-state index contributed by atoms with van der Waals surface area (Å²) in [6.45, 7) is 1.05. The van der Waals surface area contributed by atoms with Crippen molar-refractivity contribution in [3.63, 3.8) is 0 Å². The fourth-order valence-electron chi connectivity index (χ4n) is 2.55. The summed E-state index contributed by atoms with van der Waals surface area (Å²) in [5.41, 5.74) is 0.451. The molecule has 0 radical (unpaired) electrons. The Morgan fingerprint density at radius 1 is 1.19 bits per heavy atom. The van der Waals surface area contributed by atoms with Crippen LogP contribution in [0.5, 0.6) is 11.5 Å². The molecular weight excluding hydrogens is 348 g/mol. The number of amides is 2. The summed E-state index contributed by atoms with van der Waals surface area (Å²) in [5, 5.41) is 8.23. The fourth-order valence-corrected chi connectivity index (χ4v) is 2.55. The van der Waals surface area contributed by atoms with Crippen molar-refractivity contribution >= 4 is 17.6 Å². The second-order valence-corrected chi connectivity index (χ2v) is 6.00. The minimum atomic E-state index is -0.211. The zero-order valence-electron chi connectivity index (χ0n) is 15.0. The summed E-state index contributed by atoms with van der Waals surface area (Å²) >= 11 is 0. The van der Waals surface area contributed by atoms with Gasteiger partial charge in [0.15, 0.2) is 11.5 Å². The standard InChI is InChI=1S/C19H22N4O4/c1-20-18(24)11-23-17-7-6-13(10-22-17)19(25)21-9-8-14-12-26-15-4-2-3-5-16(15)27-14/h2-7,10,14H,8-9,11-12H2,1H3,(H,20,24)(H,21,25)(H,22,23). The first kappa shape index (κ1) is 18.5. The topological polar surface area (TPSA) is 102 Å². The molecule has 1 atom stereocenters. The van der Waals surface area contributed by atoms with E-state index in [0.29, 0.717) is 31.0 Å². The van der Waals surface area contributed by atoms with Crippen molar-refractivity contribution in [2.75, 3.05) is 32.1 Å². The largest absolute Gasteiger partial charge is 0.486 e. The number of nitrogens with one attached hydrogen (secondary N) is 3. The number of carbonyl (C=O) groups excluding carboxylic acids is 2. The number of aromatic nitrogens is 1. The van der Waals surface area contributed by atoms with Crippen molar-refractivity contribution in [2.45, 2.75) is 12.5 Å². The van der Waals surface area contributed by atoms with Gasteiger partial charge < -0.3 is 25.4 Å². The van der Waals surface area contributed by atoms with E-state index in [1.807, 2.05) is 24.3 Å². The molecular formula is C19H22N4O4. The molecule has 27 heavy (non-hydrogen) atoms. The molecule has 3 N–H and O–H groups in total. The van der Waals surface area contributed by atoms with Crippen LogP contribution in [0.15, 0.2) is 42.6 Å². The molecule has 8 heteroatoms. The molecule has 1 aliphatic heterocycles. The highest BCUT2D eigenvalue weighted by molar-refractivity contribution is 5.94. The van der Waals surface area contributed by atoms with Crippen LogP contribution in [-0.4, -0.2) is 49.6 Å². The number of benzene rings is 1. The van der Waals surface area contributed by atoms with Crippen LogP contribution in [0.25, 0.3) is 0 Å². The van der Waals surface area contributed by atoms with Crippen molar-refractivity contribution in [3.05, 3.63) is 48.2 Å². The molecule has 0 saturated heterocycles. The Bertz CT molecular complexity index is 795. The molecule has 1 unspecified atom stereocenters. The Morgan fingerprint density at radius 3 is 2.74 bits per heavy atom. The molecule has 0 saturated carbocycles. The van der Waals surface area contributed by atoms with Gasteiger partial charge in [-0.2, -0.15) is 0 Å². The summed E-state index contributed by atoms with van der Waals surface area (Å²) in [4.78, 5) is 27.5. The van der Waals surface area contributed by atoms with Gasteiger partial charge in [-0.25, -0.2) is 4.98 Å². The first-order chi connectivity index (χ1) is 13.2. The average molecular weight is 370 g/mol. The van der Waals surface area contributed by atoms with Crippen LogP contribution in [0, 0.1) is 0 Å². The van der Waals surface area contributed by atoms with Gasteiger partial charge >= 0.3 is 0 Å². The third-order valence-corrected chi connectivity index (χ3v) is 4.05. The third-order valence-electron chi connectivity index (χ3n) is 4.05. The van der Waals surface area contributed by atoms with E-state index in [-0.39, 0.29) is 24.5 Å². The molecule has 0 bridgehead atoms. The smallest absolute Gasteiger partial charge is 0.252 e. The van der Waals surface area contributed by atoms with E-state index in [4.69, 9.17) is 9.47 Å². The van der Waals surface area contributed by atoms with Crippen molar-refractivity contribution < 1.29 is 19.1 Å². The molecule has 8 nitrogen and oxygen atoms in total. The van der Waals surface area contributed by atoms with Crippen LogP contribution < -0.4 is 25.4 Å². The van der Waals surface area contributed by atoms with E-state index in [1.54, 1.807) is 19.2 Å². The number of fused-ring (bicyclic) bond motifs is 1. The number of carbonyl (C=O) groups is 2. The van der Waals surface area contributed by atoms with Crippen LogP contribution in [0.1, 0.15) is 16.8 Å². The van der Waals surface area contributed by atoms with Gasteiger partial charge in [0.25, 0.3) is 5.91 Å². The van der Waals surface area contributed by atoms with Gasteiger partial charge in [0.1, 0.15) is 18.5 Å². The molecule has 2 amide bonds. The first-order valence-electron chi connectivity index (χ1n) is 8.73. The lowest BCUT2D eigenvalue weighted by atomic mass is 10.2. The van der Waals surface area contributed by atoms with E-state index in [0.717, 1.165) is 11.5 Å². The highest BCUT2D eigenvalue weighted by Gasteiger charge is 2.20. The Morgan fingerprint density at radius 2 is 2.00 bits per heavy atom. The molecule has 1 aromatic heterocycles. The number of anilines is 1. The second kappa shape index (κ2) is 8.88. The van der Waals surface area contributed by atoms with E-state index in [1.165, 1.54) is 6.20 Å². The van der Waals surface area contributed by atoms with Gasteiger partial charge in [0, 0.05) is 26.2 Å². The van der Waals surface area contributed by atoms with E-state index >= 15 is 0 Å². The number of likely N-dealkylation sites (N-methyl/N-ethyl adjacent to an activating group) is 1. The van der Waals surface area contributed by atoms with Crippen molar-refractivity contribution in [1.29, 1.82) is 0 Å². The molecule has 0 aliphatic carbocycles. The maximum Gasteiger partial charge on any atom is 0.252 e. The van der Waals surface area contributed by atoms with Crippen LogP contribution in [0.2, 0.25) is 0 Å². The Balaban J connectivity index is 1.42. The van der Waals surface area contributed by atoms with E-state index < -0.39 is 0 Å². The van der Waals surface area contributed by atoms with Gasteiger partial charge in [-0.05, 0) is 24.3 Å². The molecule has 142 valence electrons. The van der Waals surface area contributed by atoms with Gasteiger partial charge in [0.05, 0.1) is 12.1 Å². The van der Waals surface area contributed by atoms with Crippen molar-refractivity contribution in [3.8, 4) is 11.5 Å². The van der Waals surface area contributed by atoms with Crippen LogP contribution in [0.3, 0.4) is 0 Å². The van der Waals surface area contributed by atoms with Gasteiger partial charge in [0.2, 0.25) is 5.91 Å². The first-order valence-corrected chi connectivity index (χ1v) is 8.73. The molecule has 2 heterocycles. The fraction of sp³-hybridized carbons (Fsp3) is 0.316. The number of pyridine rings is 1. The van der Waals surface area contributed by atoms with Crippen molar-refractivity contribution in [2.24, 2.45) is 0 Å². The number of ether oxygens (including phenoxy) is 2. The zero-order valence-corrected chi connectivity index (χ0v) is 15.0. The van der Waals surface area contributed by atoms with Crippen molar-refractivity contribution in [1.82, 2.24) is 15.6 Å². The van der Waals surface area contributed by atoms with Crippen LogP contribution >= 0.6 is 0 Å². The lowest BCUT2D eigenvalue weighted by molar-refractivity contribution is -0.118. The predicted octanol–water partition coefficient (Wildman–Crippen LogP) is 1.20. The lowest BCUT2D eigenvalue weighted by Gasteiger charge is -2.26. The molecule has 1 aliphatic rings. The van der Waals surface area contributed by atoms with Gasteiger partial charge in [-0.3, -0.25) is 9.59 Å². The summed E-state index contributed by atoms with van der Waals surface area (Å²) < 4.78 is 11.5. The van der Waals surface area contributed by atoms with E-state index in [2.05, 4.69) is 20.9 Å². The summed E-state index contributed by atoms with van der Waals surface area (Å²) in [5.74, 6) is 1.65. The SMILES string of the molecule is CNC(=O)CNc1ccc(C(=O)NCCC2COc3ccccc3O2)cn1. The van der Waals surface area contributed by atoms with Crippen LogP contribution in [0.4, 0.5) is 5.82 Å². The minimum Gasteiger partial charge on any atom is -0.486 e. The van der Waals surface area contributed by atoms with Gasteiger partial charge in [-0.1, -0.05) is 12.1 Å². The average Bonchev–Trinajstić information content (AvgIpc) is 2.72. The minimum absolute atomic E-state index is 0.102. The maximum atomic E-state index is 12.2. The molecule has 3 rings (SSSR count). The summed E-state index contributed by atoms with van der Waals surface area (Å²) in [6, 6.07) is 10.8. The quantitative estimate of drug-likeness (QED) is 0.677. The number of rotatable bonds is 7. The van der Waals surface area contributed by atoms with Gasteiger partial charge in [-0.15, -0.1) is 0 Å². The van der Waals surface area contributed by atoms with E-state index in [9.17, 15) is 9.59 Å². The highest BCUT2D eigenvalue weighted by Crippen LogP contribution is 2.31. The maximum absolute atomic E-state index is 12.2. The summed E-state index contributed by atoms with van der Waals surface area (Å²) in [6.07, 6.45) is 2.01. The summed E-state index contributed by atoms with van der Waals surface area (Å²) in [7, 11) is 1.56. The molecule has 2 aromatic rings. The molecule has 0 fully saturated rings. The normalized spacial score (nSPS) is 14.9. The molecule has 1 aromatic carbocycles. The number of nitrogens with zero attached hydrogens (tertiary/aromatic N) is 1. The monoisotopic (exact) mass is 370 g/mol. The number of hydrogen-bond donors (Lipinski definition) is 3. The Hall–Kier alpha value is -3.29. The lowest BCUT2D eigenvalue weighted by Crippen LogP contribution is -2.34.